The van der Waals surface area contributed by atoms with Gasteiger partial charge in [-0.05, 0) is 48.1 Å². The Morgan fingerprint density at radius 2 is 1.74 bits per heavy atom. The van der Waals surface area contributed by atoms with Gasteiger partial charge in [0.05, 0.1) is 11.9 Å². The van der Waals surface area contributed by atoms with Crippen LogP contribution < -0.4 is 9.62 Å². The van der Waals surface area contributed by atoms with Crippen LogP contribution in [0, 0.1) is 6.92 Å². The summed E-state index contributed by atoms with van der Waals surface area (Å²) in [5.41, 5.74) is 4.81. The molecule has 27 heavy (non-hydrogen) atoms. The quantitative estimate of drug-likeness (QED) is 0.755. The van der Waals surface area contributed by atoms with Gasteiger partial charge >= 0.3 is 0 Å². The van der Waals surface area contributed by atoms with Gasteiger partial charge in [-0.1, -0.05) is 50.2 Å². The number of aryl methyl sites for hydroxylation is 3. The minimum absolute atomic E-state index is 0.237. The van der Waals surface area contributed by atoms with Crippen LogP contribution in [-0.2, 0) is 34.2 Å². The lowest BCUT2D eigenvalue weighted by molar-refractivity contribution is -0.119. The first-order valence-corrected chi connectivity index (χ1v) is 11.0. The number of carbonyl (C=O) groups excluding carboxylic acids is 1. The highest BCUT2D eigenvalue weighted by Gasteiger charge is 2.22. The summed E-state index contributed by atoms with van der Waals surface area (Å²) in [6.45, 7) is 6.15. The summed E-state index contributed by atoms with van der Waals surface area (Å²) in [4.78, 5) is 12.5. The van der Waals surface area contributed by atoms with Crippen molar-refractivity contribution in [1.29, 1.82) is 0 Å². The minimum atomic E-state index is -3.57. The molecule has 1 N–H and O–H groups in total. The van der Waals surface area contributed by atoms with Crippen LogP contribution in [-0.4, -0.2) is 27.1 Å². The average Bonchev–Trinajstić information content (AvgIpc) is 2.64. The fourth-order valence-corrected chi connectivity index (χ4v) is 3.93. The third-order valence-electron chi connectivity index (χ3n) is 4.61. The van der Waals surface area contributed by atoms with Crippen LogP contribution in [0.3, 0.4) is 0 Å². The summed E-state index contributed by atoms with van der Waals surface area (Å²) in [7, 11) is -3.57. The van der Waals surface area contributed by atoms with E-state index in [2.05, 4.69) is 37.4 Å². The number of anilines is 1. The second kappa shape index (κ2) is 9.04. The maximum Gasteiger partial charge on any atom is 0.241 e. The highest BCUT2D eigenvalue weighted by atomic mass is 32.2. The Labute approximate surface area is 162 Å². The fourth-order valence-electron chi connectivity index (χ4n) is 3.01. The molecule has 2 aromatic carbocycles. The van der Waals surface area contributed by atoms with Gasteiger partial charge in [0, 0.05) is 6.54 Å². The molecule has 0 aliphatic rings. The van der Waals surface area contributed by atoms with Crippen molar-refractivity contribution < 1.29 is 13.2 Å². The summed E-state index contributed by atoms with van der Waals surface area (Å²) in [5, 5.41) is 2.87. The van der Waals surface area contributed by atoms with Crippen LogP contribution in [0.25, 0.3) is 0 Å². The van der Waals surface area contributed by atoms with Gasteiger partial charge in [0.25, 0.3) is 0 Å². The summed E-state index contributed by atoms with van der Waals surface area (Å²) < 4.78 is 25.6. The van der Waals surface area contributed by atoms with Crippen molar-refractivity contribution in [2.75, 3.05) is 17.1 Å². The molecular weight excluding hydrogens is 360 g/mol. The second-order valence-electron chi connectivity index (χ2n) is 6.64. The SMILES string of the molecule is CCc1ccc(CC)c(CNC(=O)CN(c2ccccc2C)S(C)(=O)=O)c1. The van der Waals surface area contributed by atoms with E-state index >= 15 is 0 Å². The smallest absolute Gasteiger partial charge is 0.241 e. The van der Waals surface area contributed by atoms with Gasteiger partial charge in [-0.2, -0.15) is 0 Å². The summed E-state index contributed by atoms with van der Waals surface area (Å²) in [6, 6.07) is 13.5. The standard InChI is InChI=1S/C21H28N2O3S/c1-5-17-11-12-18(6-2)19(13-17)14-22-21(24)15-23(27(4,25)26)20-10-8-7-9-16(20)3/h7-13H,5-6,14-15H2,1-4H3,(H,22,24). The molecule has 2 rings (SSSR count). The summed E-state index contributed by atoms with van der Waals surface area (Å²) in [5.74, 6) is -0.326. The van der Waals surface area contributed by atoms with Gasteiger partial charge in [-0.15, -0.1) is 0 Å². The Hall–Kier alpha value is -2.34. The molecule has 0 fully saturated rings. The maximum absolute atomic E-state index is 12.5. The lowest BCUT2D eigenvalue weighted by atomic mass is 10.0. The molecule has 0 bridgehead atoms. The predicted molar refractivity (Wildman–Crippen MR) is 110 cm³/mol. The van der Waals surface area contributed by atoms with Gasteiger partial charge in [0.1, 0.15) is 6.54 Å². The number of para-hydroxylation sites is 1. The Morgan fingerprint density at radius 1 is 1.04 bits per heavy atom. The highest BCUT2D eigenvalue weighted by molar-refractivity contribution is 7.92. The minimum Gasteiger partial charge on any atom is -0.350 e. The van der Waals surface area contributed by atoms with Crippen LogP contribution in [0.2, 0.25) is 0 Å². The Morgan fingerprint density at radius 3 is 2.33 bits per heavy atom. The van der Waals surface area contributed by atoms with Gasteiger partial charge in [-0.25, -0.2) is 8.42 Å². The first kappa shape index (κ1) is 21.0. The number of sulfonamides is 1. The van der Waals surface area contributed by atoms with Crippen LogP contribution in [0.5, 0.6) is 0 Å². The van der Waals surface area contributed by atoms with E-state index in [1.807, 2.05) is 19.1 Å². The number of hydrogen-bond donors (Lipinski definition) is 1. The first-order valence-electron chi connectivity index (χ1n) is 9.17. The van der Waals surface area contributed by atoms with Crippen LogP contribution in [0.4, 0.5) is 5.69 Å². The lowest BCUT2D eigenvalue weighted by Gasteiger charge is -2.23. The van der Waals surface area contributed by atoms with Crippen molar-refractivity contribution in [2.24, 2.45) is 0 Å². The number of nitrogens with one attached hydrogen (secondary N) is 1. The number of hydrogen-bond acceptors (Lipinski definition) is 3. The molecule has 0 saturated carbocycles. The van der Waals surface area contributed by atoms with Crippen LogP contribution >= 0.6 is 0 Å². The van der Waals surface area contributed by atoms with E-state index in [4.69, 9.17) is 0 Å². The average molecular weight is 389 g/mol. The highest BCUT2D eigenvalue weighted by Crippen LogP contribution is 2.21. The topological polar surface area (TPSA) is 66.5 Å². The van der Waals surface area contributed by atoms with E-state index in [9.17, 15) is 13.2 Å². The molecule has 0 radical (unpaired) electrons. The lowest BCUT2D eigenvalue weighted by Crippen LogP contribution is -2.40. The maximum atomic E-state index is 12.5. The Kier molecular flexibility index (Phi) is 7.02. The van der Waals surface area contributed by atoms with E-state index in [0.717, 1.165) is 34.5 Å². The molecule has 0 aliphatic heterocycles. The van der Waals surface area contributed by atoms with Crippen LogP contribution in [0.1, 0.15) is 36.1 Å². The van der Waals surface area contributed by atoms with Gasteiger partial charge < -0.3 is 5.32 Å². The molecular formula is C21H28N2O3S. The zero-order valence-corrected chi connectivity index (χ0v) is 17.3. The predicted octanol–water partition coefficient (Wildman–Crippen LogP) is 3.20. The van der Waals surface area contributed by atoms with E-state index < -0.39 is 10.0 Å². The van der Waals surface area contributed by atoms with Crippen molar-refractivity contribution in [1.82, 2.24) is 5.32 Å². The molecule has 0 aliphatic carbocycles. The largest absolute Gasteiger partial charge is 0.350 e. The molecule has 0 saturated heterocycles. The van der Waals surface area contributed by atoms with Gasteiger partial charge in [0.2, 0.25) is 15.9 Å². The molecule has 0 aromatic heterocycles. The van der Waals surface area contributed by atoms with Crippen molar-refractivity contribution in [2.45, 2.75) is 40.2 Å². The number of amides is 1. The van der Waals surface area contributed by atoms with Gasteiger partial charge in [0.15, 0.2) is 0 Å². The molecule has 0 heterocycles. The zero-order chi connectivity index (χ0) is 20.0. The monoisotopic (exact) mass is 388 g/mol. The number of nitrogens with zero attached hydrogens (tertiary/aromatic N) is 1. The zero-order valence-electron chi connectivity index (χ0n) is 16.5. The fraction of sp³-hybridized carbons (Fsp3) is 0.381. The number of carbonyl (C=O) groups is 1. The summed E-state index contributed by atoms with van der Waals surface area (Å²) in [6.07, 6.45) is 2.93. The summed E-state index contributed by atoms with van der Waals surface area (Å²) >= 11 is 0. The molecule has 0 spiro atoms. The van der Waals surface area contributed by atoms with E-state index in [-0.39, 0.29) is 12.5 Å². The second-order valence-corrected chi connectivity index (χ2v) is 8.55. The molecule has 6 heteroatoms. The molecule has 0 unspecified atom stereocenters. The molecule has 2 aromatic rings. The van der Waals surface area contributed by atoms with Crippen molar-refractivity contribution >= 4 is 21.6 Å². The third-order valence-corrected chi connectivity index (χ3v) is 5.73. The van der Waals surface area contributed by atoms with E-state index in [0.29, 0.717) is 12.2 Å². The van der Waals surface area contributed by atoms with Crippen LogP contribution in [0.15, 0.2) is 42.5 Å². The molecule has 0 atom stereocenters. The third kappa shape index (κ3) is 5.57. The normalized spacial score (nSPS) is 11.3. The van der Waals surface area contributed by atoms with Crippen molar-refractivity contribution in [3.63, 3.8) is 0 Å². The van der Waals surface area contributed by atoms with E-state index in [1.54, 1.807) is 12.1 Å². The van der Waals surface area contributed by atoms with Crippen molar-refractivity contribution in [3.8, 4) is 0 Å². The van der Waals surface area contributed by atoms with Crippen molar-refractivity contribution in [3.05, 3.63) is 64.7 Å². The Balaban J connectivity index is 2.15. The molecule has 5 nitrogen and oxygen atoms in total. The number of benzene rings is 2. The van der Waals surface area contributed by atoms with Gasteiger partial charge in [-0.3, -0.25) is 9.10 Å². The number of rotatable bonds is 8. The molecule has 1 amide bonds. The first-order chi connectivity index (χ1) is 12.8. The van der Waals surface area contributed by atoms with E-state index in [1.165, 1.54) is 11.1 Å². The molecule has 146 valence electrons. The Bertz CT molecular complexity index is 907.